The zero-order valence-electron chi connectivity index (χ0n) is 17.6. The third kappa shape index (κ3) is 7.51. The van der Waals surface area contributed by atoms with Crippen LogP contribution in [0.2, 0.25) is 0 Å². The second-order valence-corrected chi connectivity index (χ2v) is 6.98. The first-order chi connectivity index (χ1) is 15.1. The highest BCUT2D eigenvalue weighted by atomic mass is 16.5. The number of hydrogen-bond donors (Lipinski definition) is 3. The molecule has 0 radical (unpaired) electrons. The Balaban J connectivity index is 1.47. The average Bonchev–Trinajstić information content (AvgIpc) is 2.78. The van der Waals surface area contributed by atoms with E-state index >= 15 is 0 Å². The number of rotatable bonds is 10. The van der Waals surface area contributed by atoms with Crippen LogP contribution in [-0.4, -0.2) is 25.0 Å². The van der Waals surface area contributed by atoms with Crippen LogP contribution >= 0.6 is 0 Å². The van der Waals surface area contributed by atoms with Crippen LogP contribution < -0.4 is 20.7 Å². The summed E-state index contributed by atoms with van der Waals surface area (Å²) in [5, 5.41) is 8.80. The molecular formula is C25H27N3O3. The maximum Gasteiger partial charge on any atom is 0.243 e. The van der Waals surface area contributed by atoms with E-state index < -0.39 is 0 Å². The molecule has 0 aliphatic rings. The molecule has 0 unspecified atom stereocenters. The monoisotopic (exact) mass is 417 g/mol. The summed E-state index contributed by atoms with van der Waals surface area (Å²) in [6, 6.07) is 24.5. The highest BCUT2D eigenvalue weighted by Crippen LogP contribution is 2.18. The van der Waals surface area contributed by atoms with Crippen molar-refractivity contribution in [3.8, 4) is 5.75 Å². The topological polar surface area (TPSA) is 79.5 Å². The zero-order valence-corrected chi connectivity index (χ0v) is 17.6. The van der Waals surface area contributed by atoms with Crippen molar-refractivity contribution in [3.05, 3.63) is 84.4 Å². The van der Waals surface area contributed by atoms with Gasteiger partial charge in [0.25, 0.3) is 0 Å². The smallest absolute Gasteiger partial charge is 0.243 e. The minimum atomic E-state index is -0.186. The molecule has 3 aromatic rings. The quantitative estimate of drug-likeness (QED) is 0.446. The van der Waals surface area contributed by atoms with Crippen molar-refractivity contribution < 1.29 is 14.3 Å². The lowest BCUT2D eigenvalue weighted by atomic mass is 10.1. The molecule has 0 heterocycles. The summed E-state index contributed by atoms with van der Waals surface area (Å²) in [6.45, 7) is 2.62. The minimum Gasteiger partial charge on any atom is -0.494 e. The van der Waals surface area contributed by atoms with Crippen molar-refractivity contribution in [2.75, 3.05) is 29.1 Å². The zero-order chi connectivity index (χ0) is 21.9. The Kier molecular flexibility index (Phi) is 8.05. The van der Waals surface area contributed by atoms with Gasteiger partial charge in [0.05, 0.1) is 13.2 Å². The number of carbonyl (C=O) groups excluding carboxylic acids is 2. The summed E-state index contributed by atoms with van der Waals surface area (Å²) in [7, 11) is 0. The Labute approximate surface area is 182 Å². The van der Waals surface area contributed by atoms with Gasteiger partial charge in [-0.1, -0.05) is 42.5 Å². The van der Waals surface area contributed by atoms with E-state index in [0.29, 0.717) is 30.8 Å². The van der Waals surface area contributed by atoms with E-state index in [0.717, 1.165) is 17.0 Å². The standard InChI is InChI=1S/C25H27N3O3/c1-2-31-23-13-7-10-20(17-23)26-18-25(30)28-22-12-6-11-21(16-22)27-24(29)15-14-19-8-4-3-5-9-19/h3-13,16-17,26H,2,14-15,18H2,1H3,(H,27,29)(H,28,30). The summed E-state index contributed by atoms with van der Waals surface area (Å²) in [6.07, 6.45) is 1.07. The van der Waals surface area contributed by atoms with Gasteiger partial charge in [0.2, 0.25) is 11.8 Å². The number of hydrogen-bond acceptors (Lipinski definition) is 4. The molecule has 6 nitrogen and oxygen atoms in total. The molecule has 2 amide bonds. The molecule has 160 valence electrons. The van der Waals surface area contributed by atoms with Gasteiger partial charge in [-0.25, -0.2) is 0 Å². The number of anilines is 3. The molecule has 0 fully saturated rings. The van der Waals surface area contributed by atoms with Crippen molar-refractivity contribution in [2.45, 2.75) is 19.8 Å². The lowest BCUT2D eigenvalue weighted by Crippen LogP contribution is -2.22. The maximum absolute atomic E-state index is 12.3. The highest BCUT2D eigenvalue weighted by molar-refractivity contribution is 5.95. The number of ether oxygens (including phenoxy) is 1. The van der Waals surface area contributed by atoms with E-state index in [1.165, 1.54) is 0 Å². The van der Waals surface area contributed by atoms with Gasteiger partial charge in [-0.2, -0.15) is 0 Å². The summed E-state index contributed by atoms with van der Waals surface area (Å²) < 4.78 is 5.46. The van der Waals surface area contributed by atoms with E-state index in [9.17, 15) is 9.59 Å². The van der Waals surface area contributed by atoms with E-state index in [1.807, 2.05) is 61.5 Å². The van der Waals surface area contributed by atoms with Crippen LogP contribution in [0.25, 0.3) is 0 Å². The number of nitrogens with one attached hydrogen (secondary N) is 3. The SMILES string of the molecule is CCOc1cccc(NCC(=O)Nc2cccc(NC(=O)CCc3ccccc3)c2)c1. The highest BCUT2D eigenvalue weighted by Gasteiger charge is 2.06. The van der Waals surface area contributed by atoms with Gasteiger partial charge >= 0.3 is 0 Å². The van der Waals surface area contributed by atoms with Crippen molar-refractivity contribution >= 4 is 28.9 Å². The van der Waals surface area contributed by atoms with Crippen molar-refractivity contribution in [1.29, 1.82) is 0 Å². The van der Waals surface area contributed by atoms with Crippen LogP contribution in [-0.2, 0) is 16.0 Å². The third-order valence-corrected chi connectivity index (χ3v) is 4.51. The molecule has 6 heteroatoms. The Hall–Kier alpha value is -3.80. The van der Waals surface area contributed by atoms with E-state index in [2.05, 4.69) is 16.0 Å². The van der Waals surface area contributed by atoms with Crippen molar-refractivity contribution in [2.24, 2.45) is 0 Å². The van der Waals surface area contributed by atoms with E-state index in [4.69, 9.17) is 4.74 Å². The average molecular weight is 418 g/mol. The molecule has 0 saturated carbocycles. The predicted octanol–water partition coefficient (Wildman–Crippen LogP) is 4.71. The van der Waals surface area contributed by atoms with E-state index in [1.54, 1.807) is 24.3 Å². The number of aryl methyl sites for hydroxylation is 1. The van der Waals surface area contributed by atoms with Crippen LogP contribution in [0.4, 0.5) is 17.1 Å². The van der Waals surface area contributed by atoms with Gasteiger partial charge in [-0.15, -0.1) is 0 Å². The molecule has 3 N–H and O–H groups in total. The maximum atomic E-state index is 12.3. The fraction of sp³-hybridized carbons (Fsp3) is 0.200. The predicted molar refractivity (Wildman–Crippen MR) is 125 cm³/mol. The third-order valence-electron chi connectivity index (χ3n) is 4.51. The molecule has 0 aromatic heterocycles. The summed E-state index contributed by atoms with van der Waals surface area (Å²) in [5.74, 6) is 0.501. The van der Waals surface area contributed by atoms with Gasteiger partial charge < -0.3 is 20.7 Å². The van der Waals surface area contributed by atoms with Gasteiger partial charge in [0, 0.05) is 29.5 Å². The fourth-order valence-electron chi connectivity index (χ4n) is 3.05. The first-order valence-electron chi connectivity index (χ1n) is 10.3. The molecule has 0 bridgehead atoms. The Morgan fingerprint density at radius 1 is 0.774 bits per heavy atom. The van der Waals surface area contributed by atoms with Crippen molar-refractivity contribution in [1.82, 2.24) is 0 Å². The molecule has 0 spiro atoms. The van der Waals surface area contributed by atoms with E-state index in [-0.39, 0.29) is 18.4 Å². The van der Waals surface area contributed by atoms with Gasteiger partial charge in [0.15, 0.2) is 0 Å². The molecule has 3 rings (SSSR count). The number of amides is 2. The number of carbonyl (C=O) groups is 2. The lowest BCUT2D eigenvalue weighted by molar-refractivity contribution is -0.116. The first-order valence-corrected chi connectivity index (χ1v) is 10.3. The first kappa shape index (κ1) is 21.9. The van der Waals surface area contributed by atoms with Crippen LogP contribution in [0.1, 0.15) is 18.9 Å². The molecule has 0 atom stereocenters. The second-order valence-electron chi connectivity index (χ2n) is 6.98. The Bertz CT molecular complexity index is 1010. The van der Waals surface area contributed by atoms with Crippen LogP contribution in [0, 0.1) is 0 Å². The van der Waals surface area contributed by atoms with Crippen LogP contribution in [0.5, 0.6) is 5.75 Å². The Morgan fingerprint density at radius 2 is 1.45 bits per heavy atom. The normalized spacial score (nSPS) is 10.2. The molecule has 0 aliphatic carbocycles. The van der Waals surface area contributed by atoms with Crippen LogP contribution in [0.3, 0.4) is 0 Å². The van der Waals surface area contributed by atoms with Gasteiger partial charge in [0.1, 0.15) is 5.75 Å². The summed E-state index contributed by atoms with van der Waals surface area (Å²) >= 11 is 0. The largest absolute Gasteiger partial charge is 0.494 e. The summed E-state index contributed by atoms with van der Waals surface area (Å²) in [4.78, 5) is 24.5. The fourth-order valence-corrected chi connectivity index (χ4v) is 3.05. The van der Waals surface area contributed by atoms with Gasteiger partial charge in [-0.3, -0.25) is 9.59 Å². The summed E-state index contributed by atoms with van der Waals surface area (Å²) in [5.41, 5.74) is 3.20. The molecular weight excluding hydrogens is 390 g/mol. The lowest BCUT2D eigenvalue weighted by Gasteiger charge is -2.11. The Morgan fingerprint density at radius 3 is 2.19 bits per heavy atom. The van der Waals surface area contributed by atoms with Crippen LogP contribution in [0.15, 0.2) is 78.9 Å². The number of benzene rings is 3. The second kappa shape index (κ2) is 11.4. The van der Waals surface area contributed by atoms with Crippen molar-refractivity contribution in [3.63, 3.8) is 0 Å². The van der Waals surface area contributed by atoms with Gasteiger partial charge in [-0.05, 0) is 49.2 Å². The molecule has 31 heavy (non-hydrogen) atoms. The molecule has 3 aromatic carbocycles. The molecule has 0 saturated heterocycles. The minimum absolute atomic E-state index is 0.0665. The molecule has 0 aliphatic heterocycles.